The Balaban J connectivity index is 1.76. The van der Waals surface area contributed by atoms with Crippen molar-refractivity contribution in [2.24, 2.45) is 5.73 Å². The molecular formula is C18H12ClFN6O. The van der Waals surface area contributed by atoms with Crippen molar-refractivity contribution in [1.82, 2.24) is 19.7 Å². The van der Waals surface area contributed by atoms with E-state index in [0.29, 0.717) is 33.1 Å². The molecular weight excluding hydrogens is 371 g/mol. The number of primary amides is 1. The van der Waals surface area contributed by atoms with Crippen molar-refractivity contribution in [3.8, 4) is 11.3 Å². The number of nitrogens with zero attached hydrogens (tertiary/aromatic N) is 4. The van der Waals surface area contributed by atoms with Crippen LogP contribution in [0.5, 0.6) is 0 Å². The van der Waals surface area contributed by atoms with E-state index in [1.165, 1.54) is 24.4 Å². The zero-order valence-electron chi connectivity index (χ0n) is 13.7. The smallest absolute Gasteiger partial charge is 0.340 e. The molecule has 0 saturated carbocycles. The number of hydrogen-bond donors (Lipinski definition) is 2. The van der Waals surface area contributed by atoms with E-state index in [-0.39, 0.29) is 5.56 Å². The molecule has 0 aliphatic carbocycles. The molecule has 0 bridgehead atoms. The Morgan fingerprint density at radius 3 is 2.78 bits per heavy atom. The van der Waals surface area contributed by atoms with Gasteiger partial charge in [-0.3, -0.25) is 9.97 Å². The number of amides is 1. The topological polar surface area (TPSA) is 98.7 Å². The summed E-state index contributed by atoms with van der Waals surface area (Å²) >= 11 is 5.97. The molecule has 0 spiro atoms. The van der Waals surface area contributed by atoms with E-state index in [1.807, 2.05) is 0 Å². The third-order valence-corrected chi connectivity index (χ3v) is 4.15. The van der Waals surface area contributed by atoms with Crippen molar-refractivity contribution < 1.29 is 9.18 Å². The molecule has 1 aromatic carbocycles. The summed E-state index contributed by atoms with van der Waals surface area (Å²) in [6, 6.07) is 8.62. The van der Waals surface area contributed by atoms with Gasteiger partial charge in [0, 0.05) is 28.7 Å². The standard InChI is InChI=1S/C18H12ClFN6O/c19-10-1-2-13(20)12(7-10)15-8-11(3-5-22-15)25-14-4-6-23-16-9-24-26(17(14)16)18(21)27/h1-9H,(H2,21,27)(H,22,23,25). The van der Waals surface area contributed by atoms with Gasteiger partial charge in [0.1, 0.15) is 16.9 Å². The molecule has 27 heavy (non-hydrogen) atoms. The second-order valence-electron chi connectivity index (χ2n) is 5.67. The SMILES string of the molecule is NC(=O)n1ncc2nccc(Nc3ccnc(-c4cc(Cl)ccc4F)c3)c21. The van der Waals surface area contributed by atoms with Crippen molar-refractivity contribution in [1.29, 1.82) is 0 Å². The first-order valence-electron chi connectivity index (χ1n) is 7.84. The predicted octanol–water partition coefficient (Wildman–Crippen LogP) is 3.96. The Labute approximate surface area is 157 Å². The number of hydrogen-bond acceptors (Lipinski definition) is 5. The Morgan fingerprint density at radius 1 is 1.15 bits per heavy atom. The summed E-state index contributed by atoms with van der Waals surface area (Å²) < 4.78 is 15.2. The number of rotatable bonds is 3. The summed E-state index contributed by atoms with van der Waals surface area (Å²) in [5.41, 5.74) is 8.20. The Hall–Kier alpha value is -3.52. The maximum absolute atomic E-state index is 14.1. The molecule has 0 atom stereocenters. The van der Waals surface area contributed by atoms with Crippen LogP contribution < -0.4 is 11.1 Å². The number of aromatic nitrogens is 4. The van der Waals surface area contributed by atoms with Crippen LogP contribution >= 0.6 is 11.6 Å². The molecule has 9 heteroatoms. The van der Waals surface area contributed by atoms with E-state index in [9.17, 15) is 9.18 Å². The van der Waals surface area contributed by atoms with Crippen LogP contribution in [-0.2, 0) is 0 Å². The summed E-state index contributed by atoms with van der Waals surface area (Å²) in [5.74, 6) is -0.429. The molecule has 134 valence electrons. The van der Waals surface area contributed by atoms with Gasteiger partial charge < -0.3 is 11.1 Å². The minimum Gasteiger partial charge on any atom is -0.354 e. The van der Waals surface area contributed by atoms with Gasteiger partial charge in [-0.15, -0.1) is 0 Å². The van der Waals surface area contributed by atoms with E-state index in [2.05, 4.69) is 20.4 Å². The van der Waals surface area contributed by atoms with Gasteiger partial charge in [-0.05, 0) is 36.4 Å². The summed E-state index contributed by atoms with van der Waals surface area (Å²) in [5, 5.41) is 7.53. The molecule has 0 unspecified atom stereocenters. The molecule has 1 amide bonds. The van der Waals surface area contributed by atoms with Gasteiger partial charge in [0.15, 0.2) is 0 Å². The minimum absolute atomic E-state index is 0.285. The van der Waals surface area contributed by atoms with Crippen molar-refractivity contribution in [3.05, 3.63) is 65.8 Å². The van der Waals surface area contributed by atoms with E-state index >= 15 is 0 Å². The van der Waals surface area contributed by atoms with Crippen LogP contribution in [0.4, 0.5) is 20.6 Å². The predicted molar refractivity (Wildman–Crippen MR) is 100 cm³/mol. The highest BCUT2D eigenvalue weighted by atomic mass is 35.5. The molecule has 3 N–H and O–H groups in total. The maximum Gasteiger partial charge on any atom is 0.340 e. The van der Waals surface area contributed by atoms with E-state index in [4.69, 9.17) is 17.3 Å². The van der Waals surface area contributed by atoms with E-state index in [1.54, 1.807) is 30.6 Å². The number of fused-ring (bicyclic) bond motifs is 1. The fourth-order valence-electron chi connectivity index (χ4n) is 2.73. The molecule has 0 aliphatic rings. The van der Waals surface area contributed by atoms with Crippen molar-refractivity contribution in [2.75, 3.05) is 5.32 Å². The minimum atomic E-state index is -0.725. The summed E-state index contributed by atoms with van der Waals surface area (Å²) in [6.07, 6.45) is 4.57. The summed E-state index contributed by atoms with van der Waals surface area (Å²) in [4.78, 5) is 20.0. The number of benzene rings is 1. The first kappa shape index (κ1) is 16.9. The lowest BCUT2D eigenvalue weighted by atomic mass is 10.1. The first-order valence-corrected chi connectivity index (χ1v) is 8.22. The fourth-order valence-corrected chi connectivity index (χ4v) is 2.90. The van der Waals surface area contributed by atoms with Crippen LogP contribution in [0.1, 0.15) is 0 Å². The number of pyridine rings is 2. The largest absolute Gasteiger partial charge is 0.354 e. The Bertz CT molecular complexity index is 1180. The monoisotopic (exact) mass is 382 g/mol. The molecule has 3 heterocycles. The molecule has 4 rings (SSSR count). The molecule has 0 radical (unpaired) electrons. The van der Waals surface area contributed by atoms with Crippen molar-refractivity contribution >= 4 is 40.0 Å². The van der Waals surface area contributed by atoms with Gasteiger partial charge in [0.2, 0.25) is 0 Å². The van der Waals surface area contributed by atoms with Gasteiger partial charge >= 0.3 is 6.03 Å². The second-order valence-corrected chi connectivity index (χ2v) is 6.10. The molecule has 0 fully saturated rings. The molecule has 3 aromatic heterocycles. The number of carbonyl (C=O) groups is 1. The number of nitrogens with two attached hydrogens (primary N) is 1. The Morgan fingerprint density at radius 2 is 1.96 bits per heavy atom. The number of anilines is 2. The van der Waals surface area contributed by atoms with Gasteiger partial charge in [0.25, 0.3) is 0 Å². The van der Waals surface area contributed by atoms with Gasteiger partial charge in [-0.25, -0.2) is 9.18 Å². The van der Waals surface area contributed by atoms with Crippen LogP contribution in [0.2, 0.25) is 5.02 Å². The lowest BCUT2D eigenvalue weighted by Gasteiger charge is -2.10. The van der Waals surface area contributed by atoms with Crippen molar-refractivity contribution in [2.45, 2.75) is 0 Å². The molecule has 4 aromatic rings. The fraction of sp³-hybridized carbons (Fsp3) is 0. The van der Waals surface area contributed by atoms with E-state index < -0.39 is 11.8 Å². The zero-order chi connectivity index (χ0) is 19.0. The third kappa shape index (κ3) is 3.18. The average molecular weight is 383 g/mol. The zero-order valence-corrected chi connectivity index (χ0v) is 14.5. The van der Waals surface area contributed by atoms with Crippen LogP contribution in [-0.4, -0.2) is 25.8 Å². The lowest BCUT2D eigenvalue weighted by Crippen LogP contribution is -2.20. The maximum atomic E-state index is 14.1. The van der Waals surface area contributed by atoms with Crippen LogP contribution in [0.15, 0.2) is 55.0 Å². The summed E-state index contributed by atoms with van der Waals surface area (Å²) in [6.45, 7) is 0. The normalized spacial score (nSPS) is 10.9. The van der Waals surface area contributed by atoms with E-state index in [0.717, 1.165) is 4.68 Å². The van der Waals surface area contributed by atoms with Crippen LogP contribution in [0.3, 0.4) is 0 Å². The lowest BCUT2D eigenvalue weighted by molar-refractivity contribution is 0.248. The first-order chi connectivity index (χ1) is 13.0. The highest BCUT2D eigenvalue weighted by Gasteiger charge is 2.13. The highest BCUT2D eigenvalue weighted by Crippen LogP contribution is 2.29. The van der Waals surface area contributed by atoms with Gasteiger partial charge in [-0.1, -0.05) is 11.6 Å². The average Bonchev–Trinajstić information content (AvgIpc) is 3.09. The van der Waals surface area contributed by atoms with Gasteiger partial charge in [0.05, 0.1) is 17.6 Å². The van der Waals surface area contributed by atoms with Crippen LogP contribution in [0.25, 0.3) is 22.3 Å². The van der Waals surface area contributed by atoms with Gasteiger partial charge in [-0.2, -0.15) is 9.78 Å². The number of carbonyl (C=O) groups excluding carboxylic acids is 1. The molecule has 0 aliphatic heterocycles. The summed E-state index contributed by atoms with van der Waals surface area (Å²) in [7, 11) is 0. The number of nitrogens with one attached hydrogen (secondary N) is 1. The second kappa shape index (κ2) is 6.65. The molecule has 7 nitrogen and oxygen atoms in total. The van der Waals surface area contributed by atoms with Crippen LogP contribution in [0, 0.1) is 5.82 Å². The quantitative estimate of drug-likeness (QED) is 0.558. The Kier molecular flexibility index (Phi) is 4.17. The van der Waals surface area contributed by atoms with Crippen molar-refractivity contribution in [3.63, 3.8) is 0 Å². The number of halogens is 2. The molecule has 0 saturated heterocycles. The third-order valence-electron chi connectivity index (χ3n) is 3.91. The highest BCUT2D eigenvalue weighted by molar-refractivity contribution is 6.30.